The van der Waals surface area contributed by atoms with Gasteiger partial charge in [0.25, 0.3) is 11.7 Å². The molecule has 6 nitrogen and oxygen atoms in total. The van der Waals surface area contributed by atoms with Gasteiger partial charge in [0.2, 0.25) is 0 Å². The number of anilines is 1. The Morgan fingerprint density at radius 1 is 1.00 bits per heavy atom. The minimum Gasteiger partial charge on any atom is -0.507 e. The Morgan fingerprint density at radius 2 is 1.67 bits per heavy atom. The number of hydrogen-bond donors (Lipinski definition) is 2. The summed E-state index contributed by atoms with van der Waals surface area (Å²) in [6.45, 7) is 5.75. The number of para-hydroxylation sites is 1. The molecular weight excluding hydrogens is 476 g/mol. The van der Waals surface area contributed by atoms with Gasteiger partial charge in [-0.15, -0.1) is 0 Å². The summed E-state index contributed by atoms with van der Waals surface area (Å²) in [5.74, 6) is -1.06. The number of aromatic amines is 1. The molecule has 1 aliphatic rings. The Balaban J connectivity index is 1.73. The Hall–Kier alpha value is -4.03. The molecule has 1 aromatic heterocycles. The highest BCUT2D eigenvalue weighted by Crippen LogP contribution is 2.45. The second-order valence-corrected chi connectivity index (χ2v) is 9.48. The number of ether oxygens (including phenoxy) is 1. The molecule has 1 atom stereocenters. The second-order valence-electron chi connectivity index (χ2n) is 9.05. The summed E-state index contributed by atoms with van der Waals surface area (Å²) in [5.41, 5.74) is 3.38. The number of H-pyrrole nitrogens is 1. The average molecular weight is 501 g/mol. The van der Waals surface area contributed by atoms with Gasteiger partial charge in [0.05, 0.1) is 17.7 Å². The third-order valence-electron chi connectivity index (χ3n) is 6.27. The van der Waals surface area contributed by atoms with Gasteiger partial charge in [-0.1, -0.05) is 29.8 Å². The molecule has 1 unspecified atom stereocenters. The minimum atomic E-state index is -0.839. The molecule has 182 valence electrons. The van der Waals surface area contributed by atoms with Crippen LogP contribution >= 0.6 is 11.6 Å². The molecule has 0 bridgehead atoms. The first-order chi connectivity index (χ1) is 17.3. The van der Waals surface area contributed by atoms with Crippen molar-refractivity contribution in [2.24, 2.45) is 0 Å². The fourth-order valence-corrected chi connectivity index (χ4v) is 4.87. The van der Waals surface area contributed by atoms with Crippen LogP contribution in [-0.4, -0.2) is 27.9 Å². The molecule has 36 heavy (non-hydrogen) atoms. The van der Waals surface area contributed by atoms with E-state index >= 15 is 0 Å². The van der Waals surface area contributed by atoms with E-state index in [9.17, 15) is 14.7 Å². The first kappa shape index (κ1) is 23.7. The largest absolute Gasteiger partial charge is 0.507 e. The summed E-state index contributed by atoms with van der Waals surface area (Å²) in [6, 6.07) is 20.4. The minimum absolute atomic E-state index is 0.000931. The van der Waals surface area contributed by atoms with E-state index in [0.717, 1.165) is 22.2 Å². The maximum Gasteiger partial charge on any atom is 0.300 e. The number of ketones is 1. The van der Waals surface area contributed by atoms with Gasteiger partial charge in [0.15, 0.2) is 0 Å². The van der Waals surface area contributed by atoms with Gasteiger partial charge in [0, 0.05) is 38.4 Å². The van der Waals surface area contributed by atoms with Crippen LogP contribution in [0, 0.1) is 6.92 Å². The van der Waals surface area contributed by atoms with E-state index in [0.29, 0.717) is 22.0 Å². The average Bonchev–Trinajstić information content (AvgIpc) is 3.31. The third kappa shape index (κ3) is 4.03. The molecule has 2 heterocycles. The van der Waals surface area contributed by atoms with Crippen LogP contribution in [0.25, 0.3) is 16.7 Å². The number of aliphatic hydroxyl groups excluding tert-OH is 1. The molecule has 3 aromatic carbocycles. The Labute approximate surface area is 213 Å². The maximum absolute atomic E-state index is 13.5. The van der Waals surface area contributed by atoms with E-state index in [-0.39, 0.29) is 17.4 Å². The molecule has 0 spiro atoms. The van der Waals surface area contributed by atoms with Gasteiger partial charge in [-0.05, 0) is 75.4 Å². The molecule has 4 aromatic rings. The summed E-state index contributed by atoms with van der Waals surface area (Å²) in [5, 5.41) is 12.8. The number of aromatic nitrogens is 1. The summed E-state index contributed by atoms with van der Waals surface area (Å²) >= 11 is 6.09. The topological polar surface area (TPSA) is 82.6 Å². The van der Waals surface area contributed by atoms with Crippen LogP contribution in [0.2, 0.25) is 5.02 Å². The lowest BCUT2D eigenvalue weighted by atomic mass is 9.93. The van der Waals surface area contributed by atoms with E-state index in [4.69, 9.17) is 16.3 Å². The fraction of sp³-hybridized carbons (Fsp3) is 0.172. The molecule has 0 radical (unpaired) electrons. The smallest absolute Gasteiger partial charge is 0.300 e. The zero-order valence-corrected chi connectivity index (χ0v) is 20.8. The van der Waals surface area contributed by atoms with Crippen LogP contribution in [0.15, 0.2) is 78.4 Å². The highest BCUT2D eigenvalue weighted by Gasteiger charge is 2.48. The van der Waals surface area contributed by atoms with E-state index in [1.165, 1.54) is 4.90 Å². The molecular formula is C29H25ClN2O4. The van der Waals surface area contributed by atoms with Crippen LogP contribution in [-0.2, 0) is 9.59 Å². The van der Waals surface area contributed by atoms with Crippen molar-refractivity contribution >= 4 is 45.6 Å². The van der Waals surface area contributed by atoms with Crippen molar-refractivity contribution in [2.75, 3.05) is 4.90 Å². The number of nitrogens with one attached hydrogen (secondary N) is 1. The van der Waals surface area contributed by atoms with Crippen LogP contribution in [0.1, 0.15) is 36.7 Å². The lowest BCUT2D eigenvalue weighted by Crippen LogP contribution is -2.29. The summed E-state index contributed by atoms with van der Waals surface area (Å²) in [4.78, 5) is 31.7. The number of benzene rings is 3. The number of nitrogens with zero attached hydrogens (tertiary/aromatic N) is 1. The molecule has 0 aliphatic carbocycles. The number of carbonyl (C=O) groups excluding carboxylic acids is 2. The van der Waals surface area contributed by atoms with Crippen molar-refractivity contribution in [1.29, 1.82) is 0 Å². The normalized spacial score (nSPS) is 17.4. The lowest BCUT2D eigenvalue weighted by molar-refractivity contribution is -0.132. The molecule has 0 saturated carbocycles. The first-order valence-electron chi connectivity index (χ1n) is 11.7. The van der Waals surface area contributed by atoms with Crippen LogP contribution in [0.3, 0.4) is 0 Å². The Kier molecular flexibility index (Phi) is 6.06. The highest BCUT2D eigenvalue weighted by atomic mass is 35.5. The van der Waals surface area contributed by atoms with Crippen LogP contribution < -0.4 is 9.64 Å². The number of amides is 1. The predicted octanol–water partition coefficient (Wildman–Crippen LogP) is 6.54. The quantitative estimate of drug-likeness (QED) is 0.185. The first-order valence-corrected chi connectivity index (χ1v) is 12.0. The van der Waals surface area contributed by atoms with Crippen molar-refractivity contribution < 1.29 is 19.4 Å². The fourth-order valence-electron chi connectivity index (χ4n) is 4.74. The predicted molar refractivity (Wildman–Crippen MR) is 141 cm³/mol. The number of fused-ring (bicyclic) bond motifs is 1. The summed E-state index contributed by atoms with van der Waals surface area (Å²) in [7, 11) is 0. The summed E-state index contributed by atoms with van der Waals surface area (Å²) < 4.78 is 5.70. The zero-order valence-electron chi connectivity index (χ0n) is 20.1. The van der Waals surface area contributed by atoms with Crippen molar-refractivity contribution in [3.63, 3.8) is 0 Å². The number of carbonyl (C=O) groups is 2. The molecule has 7 heteroatoms. The monoisotopic (exact) mass is 500 g/mol. The van der Waals surface area contributed by atoms with E-state index in [1.807, 2.05) is 45.0 Å². The van der Waals surface area contributed by atoms with Crippen molar-refractivity contribution in [1.82, 2.24) is 4.98 Å². The Bertz CT molecular complexity index is 1500. The number of aliphatic hydroxyl groups is 1. The number of rotatable bonds is 5. The van der Waals surface area contributed by atoms with Crippen LogP contribution in [0.5, 0.6) is 5.75 Å². The van der Waals surface area contributed by atoms with Crippen molar-refractivity contribution in [3.05, 3.63) is 100 Å². The highest BCUT2D eigenvalue weighted by molar-refractivity contribution is 6.52. The number of halogens is 1. The maximum atomic E-state index is 13.5. The van der Waals surface area contributed by atoms with Gasteiger partial charge in [0.1, 0.15) is 11.5 Å². The molecule has 1 aliphatic heterocycles. The van der Waals surface area contributed by atoms with Crippen LogP contribution in [0.4, 0.5) is 5.69 Å². The van der Waals surface area contributed by atoms with E-state index in [2.05, 4.69) is 4.98 Å². The standard InChI is InChI=1S/C29H25ClN2O4/c1-16(2)36-21-14-8-18(9-15-21)27(33)25-26(24-17(3)31-23-7-5-4-6-22(23)24)32(29(35)28(25)34)20-12-10-19(30)11-13-20/h4-16,26,31,33H,1-3H3/b27-25+. The zero-order chi connectivity index (χ0) is 25.6. The number of aryl methyl sites for hydroxylation is 1. The molecule has 5 rings (SSSR count). The van der Waals surface area contributed by atoms with Gasteiger partial charge < -0.3 is 14.8 Å². The SMILES string of the molecule is Cc1[nH]c2ccccc2c1C1/C(=C(\O)c2ccc(OC(C)C)cc2)C(=O)C(=O)N1c1ccc(Cl)cc1. The van der Waals surface area contributed by atoms with Crippen molar-refractivity contribution in [2.45, 2.75) is 32.9 Å². The van der Waals surface area contributed by atoms with E-state index < -0.39 is 17.7 Å². The lowest BCUT2D eigenvalue weighted by Gasteiger charge is -2.26. The summed E-state index contributed by atoms with van der Waals surface area (Å²) in [6.07, 6.45) is -0.000931. The molecule has 2 N–H and O–H groups in total. The van der Waals surface area contributed by atoms with E-state index in [1.54, 1.807) is 48.5 Å². The van der Waals surface area contributed by atoms with Gasteiger partial charge in [-0.3, -0.25) is 14.5 Å². The molecule has 1 fully saturated rings. The van der Waals surface area contributed by atoms with Gasteiger partial charge in [-0.2, -0.15) is 0 Å². The Morgan fingerprint density at radius 3 is 2.33 bits per heavy atom. The van der Waals surface area contributed by atoms with Gasteiger partial charge in [-0.25, -0.2) is 0 Å². The molecule has 1 saturated heterocycles. The van der Waals surface area contributed by atoms with Crippen molar-refractivity contribution in [3.8, 4) is 5.75 Å². The third-order valence-corrected chi connectivity index (χ3v) is 6.52. The number of hydrogen-bond acceptors (Lipinski definition) is 4. The number of Topliss-reactive ketones (excluding diaryl/α,β-unsaturated/α-hetero) is 1. The molecule has 1 amide bonds. The van der Waals surface area contributed by atoms with Gasteiger partial charge >= 0.3 is 0 Å². The second kappa shape index (κ2) is 9.21.